The summed E-state index contributed by atoms with van der Waals surface area (Å²) in [5, 5.41) is 0.552. The Hall–Kier alpha value is -0.830. The lowest BCUT2D eigenvalue weighted by atomic mass is 10.3. The van der Waals surface area contributed by atoms with Gasteiger partial charge in [0.2, 0.25) is 0 Å². The molecule has 0 atom stereocenters. The molecule has 0 N–H and O–H groups in total. The first-order chi connectivity index (χ1) is 7.20. The van der Waals surface area contributed by atoms with Crippen LogP contribution in [0.4, 0.5) is 5.82 Å². The summed E-state index contributed by atoms with van der Waals surface area (Å²) in [7, 11) is 2.08. The highest BCUT2D eigenvalue weighted by Crippen LogP contribution is 2.29. The maximum Gasteiger partial charge on any atom is 0.134 e. The molecule has 0 saturated heterocycles. The van der Waals surface area contributed by atoms with E-state index in [4.69, 9.17) is 11.6 Å². The van der Waals surface area contributed by atoms with Gasteiger partial charge in [-0.2, -0.15) is 0 Å². The molecule has 3 nitrogen and oxygen atoms in total. The number of aryl methyl sites for hydroxylation is 1. The van der Waals surface area contributed by atoms with Crippen molar-refractivity contribution in [3.05, 3.63) is 17.0 Å². The van der Waals surface area contributed by atoms with Gasteiger partial charge in [-0.1, -0.05) is 18.5 Å². The van der Waals surface area contributed by atoms with Crippen LogP contribution in [0.2, 0.25) is 5.15 Å². The van der Waals surface area contributed by atoms with E-state index >= 15 is 0 Å². The van der Waals surface area contributed by atoms with Gasteiger partial charge >= 0.3 is 0 Å². The summed E-state index contributed by atoms with van der Waals surface area (Å²) >= 11 is 5.98. The highest BCUT2D eigenvalue weighted by Gasteiger charge is 2.27. The van der Waals surface area contributed by atoms with Crippen LogP contribution in [-0.4, -0.2) is 23.1 Å². The van der Waals surface area contributed by atoms with E-state index in [9.17, 15) is 0 Å². The predicted octanol–water partition coefficient (Wildman–Crippen LogP) is 2.68. The molecule has 0 radical (unpaired) electrons. The molecule has 15 heavy (non-hydrogen) atoms. The molecular formula is C11H16ClN3. The molecular weight excluding hydrogens is 210 g/mol. The van der Waals surface area contributed by atoms with Gasteiger partial charge in [-0.15, -0.1) is 0 Å². The van der Waals surface area contributed by atoms with Gasteiger partial charge in [-0.3, -0.25) is 0 Å². The summed E-state index contributed by atoms with van der Waals surface area (Å²) < 4.78 is 0. The summed E-state index contributed by atoms with van der Waals surface area (Å²) in [5.74, 6) is 1.81. The number of anilines is 1. The Morgan fingerprint density at radius 3 is 2.80 bits per heavy atom. The van der Waals surface area contributed by atoms with Crippen LogP contribution in [0.15, 0.2) is 6.07 Å². The molecule has 4 heteroatoms. The molecule has 1 heterocycles. The van der Waals surface area contributed by atoms with Crippen LogP contribution in [0.3, 0.4) is 0 Å². The van der Waals surface area contributed by atoms with Crippen molar-refractivity contribution in [1.29, 1.82) is 0 Å². The van der Waals surface area contributed by atoms with E-state index in [1.807, 2.05) is 6.07 Å². The van der Waals surface area contributed by atoms with Crippen LogP contribution < -0.4 is 4.90 Å². The Labute approximate surface area is 95.5 Å². The quantitative estimate of drug-likeness (QED) is 0.738. The molecule has 0 bridgehead atoms. The topological polar surface area (TPSA) is 29.0 Å². The zero-order valence-electron chi connectivity index (χ0n) is 9.20. The summed E-state index contributed by atoms with van der Waals surface area (Å²) in [4.78, 5) is 10.9. The molecule has 0 spiro atoms. The van der Waals surface area contributed by atoms with Gasteiger partial charge in [0.25, 0.3) is 0 Å². The fraction of sp³-hybridized carbons (Fsp3) is 0.636. The average molecular weight is 226 g/mol. The minimum Gasteiger partial charge on any atom is -0.357 e. The minimum atomic E-state index is 0.552. The molecule has 82 valence electrons. The Kier molecular flexibility index (Phi) is 3.10. The number of halogens is 1. The Morgan fingerprint density at radius 1 is 1.47 bits per heavy atom. The minimum absolute atomic E-state index is 0.552. The number of hydrogen-bond donors (Lipinski definition) is 0. The average Bonchev–Trinajstić information content (AvgIpc) is 2.99. The van der Waals surface area contributed by atoms with E-state index in [-0.39, 0.29) is 0 Å². The standard InChI is InChI=1S/C11H16ClN3/c1-3-4-10-13-9(12)7-11(14-10)15(2)8-5-6-8/h7-8H,3-6H2,1-2H3. The van der Waals surface area contributed by atoms with Crippen molar-refractivity contribution < 1.29 is 0 Å². The summed E-state index contributed by atoms with van der Waals surface area (Å²) in [6.45, 7) is 2.12. The van der Waals surface area contributed by atoms with Crippen LogP contribution in [0.1, 0.15) is 32.0 Å². The monoisotopic (exact) mass is 225 g/mol. The molecule has 0 unspecified atom stereocenters. The van der Waals surface area contributed by atoms with Crippen molar-refractivity contribution in [2.24, 2.45) is 0 Å². The molecule has 0 aliphatic heterocycles. The van der Waals surface area contributed by atoms with E-state index in [1.165, 1.54) is 12.8 Å². The molecule has 1 fully saturated rings. The first kappa shape index (κ1) is 10.7. The fourth-order valence-corrected chi connectivity index (χ4v) is 1.81. The van der Waals surface area contributed by atoms with E-state index in [2.05, 4.69) is 28.8 Å². The number of hydrogen-bond acceptors (Lipinski definition) is 3. The van der Waals surface area contributed by atoms with Crippen molar-refractivity contribution in [3.8, 4) is 0 Å². The third-order valence-corrected chi connectivity index (χ3v) is 2.85. The van der Waals surface area contributed by atoms with Crippen molar-refractivity contribution in [3.63, 3.8) is 0 Å². The smallest absolute Gasteiger partial charge is 0.134 e. The number of aromatic nitrogens is 2. The highest BCUT2D eigenvalue weighted by atomic mass is 35.5. The number of nitrogens with zero attached hydrogens (tertiary/aromatic N) is 3. The maximum absolute atomic E-state index is 5.98. The van der Waals surface area contributed by atoms with Crippen molar-refractivity contribution in [2.45, 2.75) is 38.6 Å². The normalized spacial score (nSPS) is 15.4. The van der Waals surface area contributed by atoms with Crippen LogP contribution in [0.25, 0.3) is 0 Å². The third kappa shape index (κ3) is 2.59. The molecule has 1 aliphatic carbocycles. The molecule has 0 aromatic carbocycles. The van der Waals surface area contributed by atoms with Gasteiger partial charge in [0.15, 0.2) is 0 Å². The second-order valence-corrected chi connectivity index (χ2v) is 4.44. The van der Waals surface area contributed by atoms with E-state index in [0.29, 0.717) is 11.2 Å². The molecule has 1 aliphatic rings. The van der Waals surface area contributed by atoms with Gasteiger partial charge in [0.1, 0.15) is 16.8 Å². The van der Waals surface area contributed by atoms with Crippen LogP contribution in [0, 0.1) is 0 Å². The summed E-state index contributed by atoms with van der Waals surface area (Å²) in [6, 6.07) is 2.50. The predicted molar refractivity (Wildman–Crippen MR) is 62.5 cm³/mol. The first-order valence-corrected chi connectivity index (χ1v) is 5.84. The summed E-state index contributed by atoms with van der Waals surface area (Å²) in [5.41, 5.74) is 0. The van der Waals surface area contributed by atoms with Gasteiger partial charge in [0, 0.05) is 25.6 Å². The zero-order chi connectivity index (χ0) is 10.8. The Balaban J connectivity index is 2.21. The highest BCUT2D eigenvalue weighted by molar-refractivity contribution is 6.29. The largest absolute Gasteiger partial charge is 0.357 e. The van der Waals surface area contributed by atoms with Crippen LogP contribution in [-0.2, 0) is 6.42 Å². The van der Waals surface area contributed by atoms with Gasteiger partial charge in [-0.25, -0.2) is 9.97 Å². The van der Waals surface area contributed by atoms with Crippen LogP contribution in [0.5, 0.6) is 0 Å². The lowest BCUT2D eigenvalue weighted by molar-refractivity contribution is 0.810. The molecule has 1 saturated carbocycles. The SMILES string of the molecule is CCCc1nc(Cl)cc(N(C)C2CC2)n1. The van der Waals surface area contributed by atoms with E-state index < -0.39 is 0 Å². The van der Waals surface area contributed by atoms with Crippen LogP contribution >= 0.6 is 11.6 Å². The van der Waals surface area contributed by atoms with E-state index in [0.717, 1.165) is 24.5 Å². The third-order valence-electron chi connectivity index (χ3n) is 2.66. The molecule has 1 aromatic heterocycles. The number of rotatable bonds is 4. The Bertz CT molecular complexity index is 350. The van der Waals surface area contributed by atoms with Crippen molar-refractivity contribution in [2.75, 3.05) is 11.9 Å². The van der Waals surface area contributed by atoms with Crippen molar-refractivity contribution in [1.82, 2.24) is 9.97 Å². The van der Waals surface area contributed by atoms with Gasteiger partial charge in [-0.05, 0) is 19.3 Å². The van der Waals surface area contributed by atoms with Gasteiger partial charge in [0.05, 0.1) is 0 Å². The molecule has 1 aromatic rings. The lowest BCUT2D eigenvalue weighted by Crippen LogP contribution is -2.21. The second kappa shape index (κ2) is 4.35. The second-order valence-electron chi connectivity index (χ2n) is 4.06. The Morgan fingerprint density at radius 2 is 2.20 bits per heavy atom. The lowest BCUT2D eigenvalue weighted by Gasteiger charge is -2.17. The molecule has 2 rings (SSSR count). The van der Waals surface area contributed by atoms with E-state index in [1.54, 1.807) is 0 Å². The fourth-order valence-electron chi connectivity index (χ4n) is 1.62. The van der Waals surface area contributed by atoms with Crippen molar-refractivity contribution >= 4 is 17.4 Å². The molecule has 0 amide bonds. The zero-order valence-corrected chi connectivity index (χ0v) is 9.96. The first-order valence-electron chi connectivity index (χ1n) is 5.47. The summed E-state index contributed by atoms with van der Waals surface area (Å²) in [6.07, 6.45) is 4.47. The maximum atomic E-state index is 5.98. The van der Waals surface area contributed by atoms with Gasteiger partial charge < -0.3 is 4.90 Å².